The third-order valence-corrected chi connectivity index (χ3v) is 5.17. The molecule has 1 atom stereocenters. The van der Waals surface area contributed by atoms with Gasteiger partial charge in [-0.15, -0.1) is 11.3 Å². The molecule has 0 saturated carbocycles. The summed E-state index contributed by atoms with van der Waals surface area (Å²) in [4.78, 5) is 24.9. The minimum absolute atomic E-state index is 0.0836. The van der Waals surface area contributed by atoms with Crippen molar-refractivity contribution in [1.82, 2.24) is 0 Å². The highest BCUT2D eigenvalue weighted by Gasteiger charge is 2.27. The molecule has 0 fully saturated rings. The van der Waals surface area contributed by atoms with Gasteiger partial charge in [0, 0.05) is 18.0 Å². The van der Waals surface area contributed by atoms with Crippen LogP contribution in [0.2, 0.25) is 0 Å². The highest BCUT2D eigenvalue weighted by Crippen LogP contribution is 2.40. The van der Waals surface area contributed by atoms with E-state index in [0.717, 1.165) is 29.8 Å². The van der Waals surface area contributed by atoms with Crippen LogP contribution in [0.4, 0.5) is 5.00 Å². The third-order valence-electron chi connectivity index (χ3n) is 3.81. The summed E-state index contributed by atoms with van der Waals surface area (Å²) < 4.78 is 0. The zero-order valence-electron chi connectivity index (χ0n) is 12.3. The number of aliphatic carboxylic acids is 2. The van der Waals surface area contributed by atoms with Gasteiger partial charge in [0.05, 0.1) is 17.9 Å². The first-order valence-electron chi connectivity index (χ1n) is 7.18. The zero-order chi connectivity index (χ0) is 16.3. The van der Waals surface area contributed by atoms with Gasteiger partial charge in [-0.3, -0.25) is 9.59 Å². The largest absolute Gasteiger partial charge is 0.481 e. The number of thiophene rings is 1. The second-order valence-corrected chi connectivity index (χ2v) is 6.56. The SMILES string of the molecule is CC(CN(CCC(=O)O)c1sc2c(c1C#N)CCC2)C(=O)O. The molecule has 0 spiro atoms. The maximum absolute atomic E-state index is 11.1. The summed E-state index contributed by atoms with van der Waals surface area (Å²) in [5, 5.41) is 28.1. The molecule has 2 rings (SSSR count). The van der Waals surface area contributed by atoms with Crippen molar-refractivity contribution in [3.63, 3.8) is 0 Å². The lowest BCUT2D eigenvalue weighted by Crippen LogP contribution is -2.33. The number of rotatable bonds is 7. The second kappa shape index (κ2) is 6.79. The van der Waals surface area contributed by atoms with Gasteiger partial charge in [-0.1, -0.05) is 6.92 Å². The number of nitriles is 1. The average Bonchev–Trinajstić information content (AvgIpc) is 3.02. The van der Waals surface area contributed by atoms with Gasteiger partial charge in [0.25, 0.3) is 0 Å². The fraction of sp³-hybridized carbons (Fsp3) is 0.533. The van der Waals surface area contributed by atoms with Crippen molar-refractivity contribution in [2.24, 2.45) is 5.92 Å². The van der Waals surface area contributed by atoms with Gasteiger partial charge in [0.1, 0.15) is 11.1 Å². The number of carbonyl (C=O) groups is 2. The maximum Gasteiger partial charge on any atom is 0.308 e. The molecule has 2 N–H and O–H groups in total. The van der Waals surface area contributed by atoms with Crippen LogP contribution in [0.5, 0.6) is 0 Å². The van der Waals surface area contributed by atoms with Crippen LogP contribution in [0.25, 0.3) is 0 Å². The monoisotopic (exact) mass is 322 g/mol. The summed E-state index contributed by atoms with van der Waals surface area (Å²) in [6, 6.07) is 2.22. The average molecular weight is 322 g/mol. The van der Waals surface area contributed by atoms with E-state index in [0.29, 0.717) is 5.56 Å². The van der Waals surface area contributed by atoms with Gasteiger partial charge < -0.3 is 15.1 Å². The Morgan fingerprint density at radius 3 is 2.73 bits per heavy atom. The molecule has 0 bridgehead atoms. The lowest BCUT2D eigenvalue weighted by molar-refractivity contribution is -0.140. The summed E-state index contributed by atoms with van der Waals surface area (Å²) in [7, 11) is 0. The third kappa shape index (κ3) is 3.39. The van der Waals surface area contributed by atoms with Crippen LogP contribution in [0, 0.1) is 17.2 Å². The fourth-order valence-corrected chi connectivity index (χ4v) is 4.02. The summed E-state index contributed by atoms with van der Waals surface area (Å²) in [6.45, 7) is 2.00. The van der Waals surface area contributed by atoms with Crippen LogP contribution in [0.3, 0.4) is 0 Å². The fourth-order valence-electron chi connectivity index (χ4n) is 2.64. The topological polar surface area (TPSA) is 102 Å². The second-order valence-electron chi connectivity index (χ2n) is 5.48. The number of nitrogens with zero attached hydrogens (tertiary/aromatic N) is 2. The highest BCUT2D eigenvalue weighted by molar-refractivity contribution is 7.16. The van der Waals surface area contributed by atoms with Gasteiger partial charge in [-0.05, 0) is 24.8 Å². The number of aryl methyl sites for hydroxylation is 1. The molecule has 1 aromatic heterocycles. The van der Waals surface area contributed by atoms with Gasteiger partial charge in [-0.2, -0.15) is 5.26 Å². The van der Waals surface area contributed by atoms with Crippen LogP contribution < -0.4 is 4.90 Å². The Morgan fingerprint density at radius 2 is 2.14 bits per heavy atom. The van der Waals surface area contributed by atoms with Crippen molar-refractivity contribution in [2.75, 3.05) is 18.0 Å². The van der Waals surface area contributed by atoms with Crippen LogP contribution in [-0.4, -0.2) is 35.2 Å². The first kappa shape index (κ1) is 16.3. The van der Waals surface area contributed by atoms with Gasteiger partial charge in [0.2, 0.25) is 0 Å². The number of carboxylic acid groups (broad SMARTS) is 2. The molecule has 0 aromatic carbocycles. The predicted octanol–water partition coefficient (Wildman–Crippen LogP) is 2.11. The molecule has 6 nitrogen and oxygen atoms in total. The minimum atomic E-state index is -0.935. The molecule has 1 aliphatic rings. The Labute approximate surface area is 132 Å². The quantitative estimate of drug-likeness (QED) is 0.797. The van der Waals surface area contributed by atoms with Crippen LogP contribution in [-0.2, 0) is 22.4 Å². The molecule has 1 aliphatic carbocycles. The summed E-state index contributed by atoms with van der Waals surface area (Å²) >= 11 is 1.50. The van der Waals surface area contributed by atoms with E-state index >= 15 is 0 Å². The summed E-state index contributed by atoms with van der Waals surface area (Å²) in [5.74, 6) is -2.49. The molecule has 7 heteroatoms. The normalized spacial score (nSPS) is 14.2. The molecule has 0 radical (unpaired) electrons. The lowest BCUT2D eigenvalue weighted by atomic mass is 10.1. The summed E-state index contributed by atoms with van der Waals surface area (Å²) in [5.41, 5.74) is 1.66. The van der Waals surface area contributed by atoms with E-state index in [2.05, 4.69) is 6.07 Å². The van der Waals surface area contributed by atoms with E-state index in [1.54, 1.807) is 11.8 Å². The van der Waals surface area contributed by atoms with E-state index in [1.165, 1.54) is 16.2 Å². The molecule has 0 saturated heterocycles. The van der Waals surface area contributed by atoms with Crippen LogP contribution in [0.1, 0.15) is 35.8 Å². The molecule has 0 aliphatic heterocycles. The molecular formula is C15H18N2O4S. The highest BCUT2D eigenvalue weighted by atomic mass is 32.1. The van der Waals surface area contributed by atoms with Crippen LogP contribution in [0.15, 0.2) is 0 Å². The van der Waals surface area contributed by atoms with Crippen molar-refractivity contribution >= 4 is 28.3 Å². The number of hydrogen-bond acceptors (Lipinski definition) is 5. The molecule has 1 aromatic rings. The van der Waals surface area contributed by atoms with Crippen LogP contribution >= 0.6 is 11.3 Å². The maximum atomic E-state index is 11.1. The predicted molar refractivity (Wildman–Crippen MR) is 82.3 cm³/mol. The first-order valence-corrected chi connectivity index (χ1v) is 7.99. The van der Waals surface area contributed by atoms with E-state index < -0.39 is 17.9 Å². The number of hydrogen-bond donors (Lipinski definition) is 2. The standard InChI is InChI=1S/C15H18N2O4S/c1-9(15(20)21)8-17(6-5-13(18)19)14-11(7-16)10-3-2-4-12(10)22-14/h9H,2-6,8H2,1H3,(H,18,19)(H,20,21). The van der Waals surface area contributed by atoms with E-state index in [1.807, 2.05) is 0 Å². The number of anilines is 1. The van der Waals surface area contributed by atoms with Crippen molar-refractivity contribution < 1.29 is 19.8 Å². The molecular weight excluding hydrogens is 304 g/mol. The number of carboxylic acids is 2. The van der Waals surface area contributed by atoms with Crippen molar-refractivity contribution in [3.05, 3.63) is 16.0 Å². The Kier molecular flexibility index (Phi) is 5.03. The Balaban J connectivity index is 2.30. The Hall–Kier alpha value is -2.07. The van der Waals surface area contributed by atoms with Crippen molar-refractivity contribution in [3.8, 4) is 6.07 Å². The molecule has 1 heterocycles. The van der Waals surface area contributed by atoms with E-state index in [4.69, 9.17) is 10.2 Å². The lowest BCUT2D eigenvalue weighted by Gasteiger charge is -2.25. The van der Waals surface area contributed by atoms with E-state index in [-0.39, 0.29) is 19.5 Å². The van der Waals surface area contributed by atoms with Gasteiger partial charge in [0.15, 0.2) is 0 Å². The first-order chi connectivity index (χ1) is 10.4. The molecule has 1 unspecified atom stereocenters. The van der Waals surface area contributed by atoms with Crippen molar-refractivity contribution in [2.45, 2.75) is 32.6 Å². The van der Waals surface area contributed by atoms with Gasteiger partial charge >= 0.3 is 11.9 Å². The minimum Gasteiger partial charge on any atom is -0.481 e. The smallest absolute Gasteiger partial charge is 0.308 e. The van der Waals surface area contributed by atoms with E-state index in [9.17, 15) is 14.9 Å². The Morgan fingerprint density at radius 1 is 1.41 bits per heavy atom. The van der Waals surface area contributed by atoms with Gasteiger partial charge in [-0.25, -0.2) is 0 Å². The zero-order valence-corrected chi connectivity index (χ0v) is 13.2. The number of fused-ring (bicyclic) bond motifs is 1. The molecule has 118 valence electrons. The van der Waals surface area contributed by atoms with Crippen molar-refractivity contribution in [1.29, 1.82) is 5.26 Å². The Bertz CT molecular complexity index is 632. The molecule has 22 heavy (non-hydrogen) atoms. The summed E-state index contributed by atoms with van der Waals surface area (Å²) in [6.07, 6.45) is 2.77. The molecule has 0 amide bonds.